The monoisotopic (exact) mass is 284 g/mol. The molecule has 112 valence electrons. The maximum atomic E-state index is 13.5. The van der Waals surface area contributed by atoms with Crippen molar-refractivity contribution in [1.82, 2.24) is 5.32 Å². The van der Waals surface area contributed by atoms with Gasteiger partial charge in [-0.1, -0.05) is 19.9 Å². The van der Waals surface area contributed by atoms with Crippen molar-refractivity contribution in [1.29, 1.82) is 0 Å². The van der Waals surface area contributed by atoms with Crippen LogP contribution in [0.4, 0.5) is 10.1 Å². The Morgan fingerprint density at radius 2 is 2.05 bits per heavy atom. The largest absolute Gasteiger partial charge is 0.396 e. The van der Waals surface area contributed by atoms with Crippen molar-refractivity contribution in [2.75, 3.05) is 13.2 Å². The molecule has 0 fully saturated rings. The van der Waals surface area contributed by atoms with Crippen molar-refractivity contribution in [3.63, 3.8) is 0 Å². The summed E-state index contributed by atoms with van der Waals surface area (Å²) in [6, 6.07) is 3.88. The molecule has 0 aliphatic heterocycles. The molecule has 0 aliphatic rings. The van der Waals surface area contributed by atoms with E-state index >= 15 is 0 Å². The van der Waals surface area contributed by atoms with Crippen LogP contribution in [0.2, 0.25) is 0 Å². The van der Waals surface area contributed by atoms with E-state index in [1.807, 2.05) is 13.8 Å². The molecule has 0 saturated carbocycles. The van der Waals surface area contributed by atoms with Gasteiger partial charge in [-0.3, -0.25) is 10.1 Å². The average Bonchev–Trinajstić information content (AvgIpc) is 2.44. The number of nitrogens with one attached hydrogen (secondary N) is 1. The summed E-state index contributed by atoms with van der Waals surface area (Å²) in [4.78, 5) is 9.78. The second-order valence-electron chi connectivity index (χ2n) is 5.01. The van der Waals surface area contributed by atoms with Crippen molar-refractivity contribution < 1.29 is 14.4 Å². The van der Waals surface area contributed by atoms with E-state index < -0.39 is 16.4 Å². The second-order valence-corrected chi connectivity index (χ2v) is 5.01. The van der Waals surface area contributed by atoms with Gasteiger partial charge in [0.1, 0.15) is 0 Å². The van der Waals surface area contributed by atoms with E-state index in [-0.39, 0.29) is 12.0 Å². The van der Waals surface area contributed by atoms with Crippen LogP contribution >= 0.6 is 0 Å². The lowest BCUT2D eigenvalue weighted by Crippen LogP contribution is -2.36. The Bertz CT molecular complexity index is 453. The van der Waals surface area contributed by atoms with Gasteiger partial charge >= 0.3 is 5.69 Å². The third-order valence-corrected chi connectivity index (χ3v) is 3.87. The van der Waals surface area contributed by atoms with Crippen LogP contribution in [-0.2, 0) is 6.54 Å². The van der Waals surface area contributed by atoms with Crippen molar-refractivity contribution in [3.8, 4) is 0 Å². The van der Waals surface area contributed by atoms with Crippen LogP contribution in [0.3, 0.4) is 0 Å². The van der Waals surface area contributed by atoms with Crippen molar-refractivity contribution >= 4 is 5.69 Å². The van der Waals surface area contributed by atoms with Crippen LogP contribution in [-0.4, -0.2) is 23.2 Å². The zero-order valence-corrected chi connectivity index (χ0v) is 11.9. The van der Waals surface area contributed by atoms with Crippen molar-refractivity contribution in [2.24, 2.45) is 5.41 Å². The number of aliphatic hydroxyl groups is 1. The molecule has 0 bridgehead atoms. The number of hydrogen-bond donors (Lipinski definition) is 2. The fourth-order valence-corrected chi connectivity index (χ4v) is 2.06. The van der Waals surface area contributed by atoms with E-state index in [4.69, 9.17) is 0 Å². The summed E-state index contributed by atoms with van der Waals surface area (Å²) >= 11 is 0. The van der Waals surface area contributed by atoms with Crippen LogP contribution in [0.25, 0.3) is 0 Å². The Kier molecular flexibility index (Phi) is 6.04. The van der Waals surface area contributed by atoms with Crippen molar-refractivity contribution in [3.05, 3.63) is 39.7 Å². The average molecular weight is 284 g/mol. The maximum Gasteiger partial charge on any atom is 0.304 e. The fourth-order valence-electron chi connectivity index (χ4n) is 2.06. The van der Waals surface area contributed by atoms with E-state index in [0.717, 1.165) is 12.8 Å². The highest BCUT2D eigenvalue weighted by molar-refractivity contribution is 5.34. The maximum absolute atomic E-state index is 13.5. The zero-order valence-electron chi connectivity index (χ0n) is 11.9. The van der Waals surface area contributed by atoms with Gasteiger partial charge in [-0.2, -0.15) is 4.39 Å². The highest BCUT2D eigenvalue weighted by Gasteiger charge is 2.24. The molecule has 0 saturated heterocycles. The molecule has 1 aromatic rings. The second kappa shape index (κ2) is 7.31. The first kappa shape index (κ1) is 16.5. The first-order chi connectivity index (χ1) is 9.48. The lowest BCUT2D eigenvalue weighted by molar-refractivity contribution is -0.387. The quantitative estimate of drug-likeness (QED) is 0.568. The van der Waals surface area contributed by atoms with E-state index in [9.17, 15) is 19.6 Å². The summed E-state index contributed by atoms with van der Waals surface area (Å²) in [5.74, 6) is -0.825. The Balaban J connectivity index is 2.63. The molecule has 0 unspecified atom stereocenters. The normalized spacial score (nSPS) is 11.6. The Labute approximate surface area is 118 Å². The van der Waals surface area contributed by atoms with Gasteiger partial charge < -0.3 is 10.4 Å². The number of nitro benzene ring substituents is 1. The molecule has 2 N–H and O–H groups in total. The minimum absolute atomic E-state index is 0.0988. The minimum Gasteiger partial charge on any atom is -0.396 e. The van der Waals surface area contributed by atoms with Crippen LogP contribution in [0.15, 0.2) is 18.2 Å². The molecule has 0 amide bonds. The summed E-state index contributed by atoms with van der Waals surface area (Å²) in [6.07, 6.45) is 1.70. The molecule has 0 atom stereocenters. The molecule has 1 aromatic carbocycles. The molecular formula is C14H21FN2O3. The molecule has 0 spiro atoms. The Morgan fingerprint density at radius 1 is 1.40 bits per heavy atom. The predicted octanol–water partition coefficient (Wildman–Crippen LogP) is 2.62. The number of benzene rings is 1. The highest BCUT2D eigenvalue weighted by Crippen LogP contribution is 2.24. The predicted molar refractivity (Wildman–Crippen MR) is 74.9 cm³/mol. The van der Waals surface area contributed by atoms with Gasteiger partial charge in [0.2, 0.25) is 5.82 Å². The van der Waals surface area contributed by atoms with Crippen LogP contribution in [0, 0.1) is 21.3 Å². The summed E-state index contributed by atoms with van der Waals surface area (Å²) in [7, 11) is 0. The number of nitrogens with zero attached hydrogens (tertiary/aromatic N) is 1. The SMILES string of the molecule is CCC(CC)(CO)CNCc1ccc([N+](=O)[O-])c(F)c1. The van der Waals surface area contributed by atoms with Gasteiger partial charge in [-0.15, -0.1) is 0 Å². The summed E-state index contributed by atoms with van der Waals surface area (Å²) in [6.45, 7) is 5.17. The van der Waals surface area contributed by atoms with Gasteiger partial charge in [0.05, 0.1) is 4.92 Å². The molecule has 1 rings (SSSR count). The molecule has 0 aromatic heterocycles. The van der Waals surface area contributed by atoms with E-state index in [1.165, 1.54) is 18.2 Å². The van der Waals surface area contributed by atoms with E-state index in [0.29, 0.717) is 18.7 Å². The van der Waals surface area contributed by atoms with Gasteiger partial charge in [-0.05, 0) is 24.5 Å². The number of nitro groups is 1. The fraction of sp³-hybridized carbons (Fsp3) is 0.571. The van der Waals surface area contributed by atoms with E-state index in [1.54, 1.807) is 0 Å². The Hall–Kier alpha value is -1.53. The third kappa shape index (κ3) is 3.98. The van der Waals surface area contributed by atoms with Crippen LogP contribution < -0.4 is 5.32 Å². The van der Waals surface area contributed by atoms with Gasteiger partial charge in [0, 0.05) is 31.2 Å². The first-order valence-electron chi connectivity index (χ1n) is 6.72. The molecule has 0 aliphatic carbocycles. The van der Waals surface area contributed by atoms with Crippen LogP contribution in [0.5, 0.6) is 0 Å². The molecular weight excluding hydrogens is 263 g/mol. The minimum atomic E-state index is -0.825. The number of halogens is 1. The molecule has 0 heterocycles. The van der Waals surface area contributed by atoms with E-state index in [2.05, 4.69) is 5.32 Å². The number of rotatable bonds is 8. The van der Waals surface area contributed by atoms with Crippen LogP contribution in [0.1, 0.15) is 32.3 Å². The smallest absolute Gasteiger partial charge is 0.304 e. The molecule has 5 nitrogen and oxygen atoms in total. The molecule has 20 heavy (non-hydrogen) atoms. The standard InChI is InChI=1S/C14H21FN2O3/c1-3-14(4-2,10-18)9-16-8-11-5-6-13(17(19)20)12(15)7-11/h5-7,16,18H,3-4,8-10H2,1-2H3. The van der Waals surface area contributed by atoms with Gasteiger partial charge in [0.15, 0.2) is 0 Å². The lowest BCUT2D eigenvalue weighted by Gasteiger charge is -2.29. The number of hydrogen-bond acceptors (Lipinski definition) is 4. The summed E-state index contributed by atoms with van der Waals surface area (Å²) in [5, 5.41) is 23.1. The van der Waals surface area contributed by atoms with Crippen molar-refractivity contribution in [2.45, 2.75) is 33.2 Å². The molecule has 0 radical (unpaired) electrons. The Morgan fingerprint density at radius 3 is 2.50 bits per heavy atom. The number of aliphatic hydroxyl groups excluding tert-OH is 1. The lowest BCUT2D eigenvalue weighted by atomic mass is 9.83. The summed E-state index contributed by atoms with van der Waals surface area (Å²) < 4.78 is 13.5. The summed E-state index contributed by atoms with van der Waals surface area (Å²) in [5.41, 5.74) is -0.0352. The zero-order chi connectivity index (χ0) is 15.2. The third-order valence-electron chi connectivity index (χ3n) is 3.87. The first-order valence-corrected chi connectivity index (χ1v) is 6.72. The highest BCUT2D eigenvalue weighted by atomic mass is 19.1. The van der Waals surface area contributed by atoms with Gasteiger partial charge in [0.25, 0.3) is 0 Å². The molecule has 6 heteroatoms. The topological polar surface area (TPSA) is 75.4 Å². The van der Waals surface area contributed by atoms with Gasteiger partial charge in [-0.25, -0.2) is 0 Å².